The standard InChI is InChI=1S/C21H24N4O2/c26-21(24-11-13-27-14-12-24)19-16-25(20-7-2-1-6-18(19)20)10-4-3-5-17-15-22-8-9-23-17/h1-2,6-9,15-16H,3-5,10-14H2. The molecule has 0 unspecified atom stereocenters. The molecule has 4 rings (SSSR count). The fourth-order valence-electron chi connectivity index (χ4n) is 3.59. The van der Waals surface area contributed by atoms with Crippen molar-refractivity contribution in [3.8, 4) is 0 Å². The average Bonchev–Trinajstić information content (AvgIpc) is 3.11. The fourth-order valence-corrected chi connectivity index (χ4v) is 3.59. The molecule has 6 heteroatoms. The van der Waals surface area contributed by atoms with Gasteiger partial charge in [0.25, 0.3) is 5.91 Å². The molecule has 0 N–H and O–H groups in total. The number of unbranched alkanes of at least 4 members (excludes halogenated alkanes) is 1. The van der Waals surface area contributed by atoms with Crippen LogP contribution < -0.4 is 0 Å². The normalized spacial score (nSPS) is 14.6. The van der Waals surface area contributed by atoms with Crippen molar-refractivity contribution in [1.29, 1.82) is 0 Å². The molecular formula is C21H24N4O2. The number of carbonyl (C=O) groups excluding carboxylic acids is 1. The number of morpholine rings is 1. The first-order valence-corrected chi connectivity index (χ1v) is 9.53. The SMILES string of the molecule is O=C(c1cn(CCCCc2cnccn2)c2ccccc12)N1CCOCC1. The predicted molar refractivity (Wildman–Crippen MR) is 104 cm³/mol. The number of carbonyl (C=O) groups is 1. The number of rotatable bonds is 6. The lowest BCUT2D eigenvalue weighted by molar-refractivity contribution is 0.0304. The molecule has 1 saturated heterocycles. The van der Waals surface area contributed by atoms with Gasteiger partial charge in [0.1, 0.15) is 0 Å². The van der Waals surface area contributed by atoms with Gasteiger partial charge in [0.15, 0.2) is 0 Å². The van der Waals surface area contributed by atoms with Gasteiger partial charge in [0.05, 0.1) is 24.5 Å². The van der Waals surface area contributed by atoms with Crippen LogP contribution in [0, 0.1) is 0 Å². The second-order valence-corrected chi connectivity index (χ2v) is 6.81. The Kier molecular flexibility index (Phi) is 5.44. The van der Waals surface area contributed by atoms with Gasteiger partial charge in [-0.2, -0.15) is 0 Å². The van der Waals surface area contributed by atoms with E-state index in [-0.39, 0.29) is 5.91 Å². The maximum atomic E-state index is 13.0. The number of aryl methyl sites for hydroxylation is 2. The van der Waals surface area contributed by atoms with Crippen molar-refractivity contribution in [2.24, 2.45) is 0 Å². The minimum absolute atomic E-state index is 0.104. The molecule has 140 valence electrons. The Balaban J connectivity index is 1.47. The van der Waals surface area contributed by atoms with E-state index in [0.29, 0.717) is 26.3 Å². The van der Waals surface area contributed by atoms with E-state index < -0.39 is 0 Å². The van der Waals surface area contributed by atoms with E-state index in [0.717, 1.165) is 48.0 Å². The molecule has 3 aromatic rings. The lowest BCUT2D eigenvalue weighted by Gasteiger charge is -2.26. The van der Waals surface area contributed by atoms with E-state index >= 15 is 0 Å². The average molecular weight is 364 g/mol. The zero-order valence-electron chi connectivity index (χ0n) is 15.4. The maximum Gasteiger partial charge on any atom is 0.256 e. The predicted octanol–water partition coefficient (Wildman–Crippen LogP) is 2.93. The largest absolute Gasteiger partial charge is 0.378 e. The van der Waals surface area contributed by atoms with Gasteiger partial charge in [-0.3, -0.25) is 14.8 Å². The number of para-hydroxylation sites is 1. The first kappa shape index (κ1) is 17.7. The van der Waals surface area contributed by atoms with Crippen molar-refractivity contribution in [3.05, 3.63) is 60.3 Å². The molecule has 6 nitrogen and oxygen atoms in total. The minimum Gasteiger partial charge on any atom is -0.378 e. The Labute approximate surface area is 158 Å². The van der Waals surface area contributed by atoms with E-state index in [9.17, 15) is 4.79 Å². The van der Waals surface area contributed by atoms with E-state index in [2.05, 4.69) is 20.6 Å². The summed E-state index contributed by atoms with van der Waals surface area (Å²) in [6.07, 6.45) is 10.3. The number of hydrogen-bond donors (Lipinski definition) is 0. The third-order valence-electron chi connectivity index (χ3n) is 5.02. The van der Waals surface area contributed by atoms with Crippen molar-refractivity contribution >= 4 is 16.8 Å². The third kappa shape index (κ3) is 4.01. The molecule has 0 saturated carbocycles. The van der Waals surface area contributed by atoms with Crippen LogP contribution >= 0.6 is 0 Å². The smallest absolute Gasteiger partial charge is 0.256 e. The van der Waals surface area contributed by atoms with Crippen LogP contribution in [0.3, 0.4) is 0 Å². The summed E-state index contributed by atoms with van der Waals surface area (Å²) in [6, 6.07) is 8.16. The van der Waals surface area contributed by atoms with Crippen molar-refractivity contribution in [2.45, 2.75) is 25.8 Å². The summed E-state index contributed by atoms with van der Waals surface area (Å²) in [6.45, 7) is 3.45. The van der Waals surface area contributed by atoms with Crippen molar-refractivity contribution < 1.29 is 9.53 Å². The Morgan fingerprint density at radius 2 is 1.96 bits per heavy atom. The summed E-state index contributed by atoms with van der Waals surface area (Å²) in [5, 5.41) is 1.03. The van der Waals surface area contributed by atoms with Crippen LogP contribution in [0.25, 0.3) is 10.9 Å². The zero-order chi connectivity index (χ0) is 18.5. The molecule has 1 aliphatic heterocycles. The van der Waals surface area contributed by atoms with E-state index in [4.69, 9.17) is 4.74 Å². The molecule has 0 aliphatic carbocycles. The second kappa shape index (κ2) is 8.31. The van der Waals surface area contributed by atoms with Crippen LogP contribution in [0.5, 0.6) is 0 Å². The van der Waals surface area contributed by atoms with Crippen molar-refractivity contribution in [1.82, 2.24) is 19.4 Å². The molecule has 3 heterocycles. The summed E-state index contributed by atoms with van der Waals surface area (Å²) in [4.78, 5) is 23.3. The number of benzene rings is 1. The van der Waals surface area contributed by atoms with Crippen LogP contribution in [0.15, 0.2) is 49.1 Å². The van der Waals surface area contributed by atoms with Crippen LogP contribution in [0.2, 0.25) is 0 Å². The number of amides is 1. The first-order chi connectivity index (χ1) is 13.3. The summed E-state index contributed by atoms with van der Waals surface area (Å²) < 4.78 is 7.58. The number of aromatic nitrogens is 3. The molecule has 1 aromatic carbocycles. The first-order valence-electron chi connectivity index (χ1n) is 9.53. The highest BCUT2D eigenvalue weighted by molar-refractivity contribution is 6.07. The third-order valence-corrected chi connectivity index (χ3v) is 5.02. The van der Waals surface area contributed by atoms with Gasteiger partial charge in [-0.15, -0.1) is 0 Å². The summed E-state index contributed by atoms with van der Waals surface area (Å²) in [5.41, 5.74) is 2.94. The second-order valence-electron chi connectivity index (χ2n) is 6.81. The highest BCUT2D eigenvalue weighted by Gasteiger charge is 2.22. The molecule has 1 amide bonds. The zero-order valence-corrected chi connectivity index (χ0v) is 15.4. The molecule has 1 fully saturated rings. The van der Waals surface area contributed by atoms with E-state index in [1.165, 1.54) is 0 Å². The number of ether oxygens (including phenoxy) is 1. The quantitative estimate of drug-likeness (QED) is 0.631. The van der Waals surface area contributed by atoms with Gasteiger partial charge in [-0.25, -0.2) is 0 Å². The number of fused-ring (bicyclic) bond motifs is 1. The van der Waals surface area contributed by atoms with Gasteiger partial charge in [-0.1, -0.05) is 18.2 Å². The summed E-state index contributed by atoms with van der Waals surface area (Å²) >= 11 is 0. The lowest BCUT2D eigenvalue weighted by Crippen LogP contribution is -2.40. The fraction of sp³-hybridized carbons (Fsp3) is 0.381. The van der Waals surface area contributed by atoms with Gasteiger partial charge < -0.3 is 14.2 Å². The van der Waals surface area contributed by atoms with Crippen LogP contribution in [-0.4, -0.2) is 51.6 Å². The lowest BCUT2D eigenvalue weighted by atomic mass is 10.1. The summed E-state index contributed by atoms with van der Waals surface area (Å²) in [7, 11) is 0. The number of hydrogen-bond acceptors (Lipinski definition) is 4. The maximum absolute atomic E-state index is 13.0. The van der Waals surface area contributed by atoms with E-state index in [1.807, 2.05) is 35.5 Å². The van der Waals surface area contributed by atoms with E-state index in [1.54, 1.807) is 12.4 Å². The molecule has 1 aliphatic rings. The highest BCUT2D eigenvalue weighted by atomic mass is 16.5. The Morgan fingerprint density at radius 1 is 1.11 bits per heavy atom. The topological polar surface area (TPSA) is 60.2 Å². The van der Waals surface area contributed by atoms with Gasteiger partial charge in [-0.05, 0) is 25.3 Å². The molecular weight excluding hydrogens is 340 g/mol. The monoisotopic (exact) mass is 364 g/mol. The molecule has 0 bridgehead atoms. The Hall–Kier alpha value is -2.73. The molecule has 0 spiro atoms. The van der Waals surface area contributed by atoms with Gasteiger partial charge in [0.2, 0.25) is 0 Å². The Bertz CT molecular complexity index is 901. The van der Waals surface area contributed by atoms with Crippen molar-refractivity contribution in [3.63, 3.8) is 0 Å². The van der Waals surface area contributed by atoms with Crippen LogP contribution in [0.4, 0.5) is 0 Å². The van der Waals surface area contributed by atoms with Crippen molar-refractivity contribution in [2.75, 3.05) is 26.3 Å². The summed E-state index contributed by atoms with van der Waals surface area (Å²) in [5.74, 6) is 0.104. The van der Waals surface area contributed by atoms with Gasteiger partial charge >= 0.3 is 0 Å². The minimum atomic E-state index is 0.104. The van der Waals surface area contributed by atoms with Crippen LogP contribution in [0.1, 0.15) is 28.9 Å². The molecule has 0 atom stereocenters. The van der Waals surface area contributed by atoms with Gasteiger partial charge in [0, 0.05) is 55.3 Å². The molecule has 27 heavy (non-hydrogen) atoms. The molecule has 0 radical (unpaired) electrons. The Morgan fingerprint density at radius 3 is 2.78 bits per heavy atom. The molecule has 2 aromatic heterocycles. The number of nitrogens with zero attached hydrogens (tertiary/aromatic N) is 4. The highest BCUT2D eigenvalue weighted by Crippen LogP contribution is 2.24. The van der Waals surface area contributed by atoms with Crippen LogP contribution in [-0.2, 0) is 17.7 Å².